The van der Waals surface area contributed by atoms with Crippen LogP contribution in [0.4, 0.5) is 8.78 Å². The molecule has 0 bridgehead atoms. The second kappa shape index (κ2) is 5.84. The van der Waals surface area contributed by atoms with Crippen molar-refractivity contribution in [2.45, 2.75) is 31.7 Å². The minimum Gasteiger partial charge on any atom is -0.496 e. The van der Waals surface area contributed by atoms with E-state index < -0.39 is 20.1 Å². The lowest BCUT2D eigenvalue weighted by atomic mass is 10.0. The molecule has 1 atom stereocenters. The molecule has 106 valence electrons. The second-order valence-electron chi connectivity index (χ2n) is 5.52. The molecule has 0 aliphatic rings. The van der Waals surface area contributed by atoms with Crippen LogP contribution in [0.3, 0.4) is 0 Å². The molecule has 0 fully saturated rings. The molecule has 0 spiro atoms. The van der Waals surface area contributed by atoms with Crippen LogP contribution in [0.2, 0.25) is 19.6 Å². The molecule has 0 saturated heterocycles. The molecule has 0 aromatic heterocycles. The molecule has 0 heterocycles. The minimum absolute atomic E-state index is 0.0928. The lowest BCUT2D eigenvalue weighted by molar-refractivity contribution is -0.0722. The van der Waals surface area contributed by atoms with Crippen molar-refractivity contribution < 1.29 is 18.6 Å². The van der Waals surface area contributed by atoms with Crippen molar-refractivity contribution in [1.82, 2.24) is 0 Å². The summed E-state index contributed by atoms with van der Waals surface area (Å²) in [6, 6.07) is 6.26. The van der Waals surface area contributed by atoms with Gasteiger partial charge in [-0.1, -0.05) is 43.5 Å². The highest BCUT2D eigenvalue weighted by Crippen LogP contribution is 2.37. The normalized spacial score (nSPS) is 14.7. The second-order valence-corrected chi connectivity index (χ2v) is 10.6. The molecule has 1 rings (SSSR count). The Morgan fingerprint density at radius 2 is 1.84 bits per heavy atom. The van der Waals surface area contributed by atoms with Crippen molar-refractivity contribution in [2.24, 2.45) is 0 Å². The molecule has 2 nitrogen and oxygen atoms in total. The van der Waals surface area contributed by atoms with Gasteiger partial charge in [-0.25, -0.2) is 0 Å². The van der Waals surface area contributed by atoms with E-state index in [2.05, 4.69) is 0 Å². The van der Waals surface area contributed by atoms with Crippen molar-refractivity contribution in [3.05, 3.63) is 41.6 Å². The number of halogens is 2. The van der Waals surface area contributed by atoms with Crippen LogP contribution in [0.15, 0.2) is 36.0 Å². The topological polar surface area (TPSA) is 29.5 Å². The number of ether oxygens (including phenoxy) is 1. The largest absolute Gasteiger partial charge is 0.496 e. The summed E-state index contributed by atoms with van der Waals surface area (Å²) in [6.45, 7) is 5.86. The highest BCUT2D eigenvalue weighted by atomic mass is 28.3. The monoisotopic (exact) mass is 286 g/mol. The minimum atomic E-state index is -3.31. The van der Waals surface area contributed by atoms with E-state index in [0.717, 1.165) is 6.08 Å². The zero-order chi connectivity index (χ0) is 14.7. The van der Waals surface area contributed by atoms with Crippen molar-refractivity contribution in [3.8, 4) is 5.75 Å². The number of rotatable bonds is 5. The molecule has 19 heavy (non-hydrogen) atoms. The van der Waals surface area contributed by atoms with Crippen LogP contribution in [-0.4, -0.2) is 26.2 Å². The van der Waals surface area contributed by atoms with E-state index in [9.17, 15) is 13.9 Å². The standard InChI is InChI=1S/C14H20F2O2Si/c1-18-12-8-6-5-7-11(12)13(17)14(15,16)9-10-19(2,3)4/h5-10,13,17H,1-4H3/b10-9+. The molecule has 5 heteroatoms. The summed E-state index contributed by atoms with van der Waals surface area (Å²) < 4.78 is 33.0. The van der Waals surface area contributed by atoms with Gasteiger partial charge in [0, 0.05) is 5.56 Å². The van der Waals surface area contributed by atoms with E-state index in [-0.39, 0.29) is 11.3 Å². The van der Waals surface area contributed by atoms with Crippen molar-refractivity contribution in [2.75, 3.05) is 7.11 Å². The van der Waals surface area contributed by atoms with Crippen LogP contribution in [0.25, 0.3) is 0 Å². The summed E-state index contributed by atoms with van der Waals surface area (Å²) in [7, 11) is -0.348. The third kappa shape index (κ3) is 4.43. The Balaban J connectivity index is 3.04. The number of benzene rings is 1. The number of para-hydroxylation sites is 1. The van der Waals surface area contributed by atoms with Crippen molar-refractivity contribution in [1.29, 1.82) is 0 Å². The van der Waals surface area contributed by atoms with E-state index in [0.29, 0.717) is 0 Å². The van der Waals surface area contributed by atoms with Gasteiger partial charge in [0.05, 0.1) is 15.2 Å². The van der Waals surface area contributed by atoms with E-state index in [1.807, 2.05) is 19.6 Å². The third-order valence-electron chi connectivity index (χ3n) is 2.60. The van der Waals surface area contributed by atoms with Gasteiger partial charge < -0.3 is 9.84 Å². The predicted octanol–water partition coefficient (Wildman–Crippen LogP) is 3.80. The molecular weight excluding hydrogens is 266 g/mol. The molecule has 1 aromatic carbocycles. The Bertz CT molecular complexity index is 453. The fourth-order valence-corrected chi connectivity index (χ4v) is 2.27. The first kappa shape index (κ1) is 15.9. The van der Waals surface area contributed by atoms with E-state index in [1.165, 1.54) is 18.9 Å². The lowest BCUT2D eigenvalue weighted by Crippen LogP contribution is -2.26. The van der Waals surface area contributed by atoms with E-state index >= 15 is 0 Å². The van der Waals surface area contributed by atoms with Crippen LogP contribution < -0.4 is 4.74 Å². The van der Waals surface area contributed by atoms with Gasteiger partial charge in [0.25, 0.3) is 5.92 Å². The van der Waals surface area contributed by atoms with Gasteiger partial charge in [-0.15, -0.1) is 0 Å². The molecule has 0 radical (unpaired) electrons. The highest BCUT2D eigenvalue weighted by Gasteiger charge is 2.38. The van der Waals surface area contributed by atoms with Crippen LogP contribution in [-0.2, 0) is 0 Å². The maximum Gasteiger partial charge on any atom is 0.295 e. The Labute approximate surface area is 113 Å². The molecule has 0 saturated carbocycles. The molecule has 0 aliphatic carbocycles. The van der Waals surface area contributed by atoms with Crippen LogP contribution in [0, 0.1) is 0 Å². The summed E-state index contributed by atoms with van der Waals surface area (Å²) >= 11 is 0. The number of hydrogen-bond acceptors (Lipinski definition) is 2. The van der Waals surface area contributed by atoms with Gasteiger partial charge in [-0.3, -0.25) is 0 Å². The average Bonchev–Trinajstić information content (AvgIpc) is 2.35. The molecule has 1 unspecified atom stereocenters. The zero-order valence-corrected chi connectivity index (χ0v) is 12.7. The molecule has 0 amide bonds. The zero-order valence-electron chi connectivity index (χ0n) is 11.7. The van der Waals surface area contributed by atoms with Crippen molar-refractivity contribution >= 4 is 8.07 Å². The quantitative estimate of drug-likeness (QED) is 0.834. The Kier molecular flexibility index (Phi) is 4.87. The Morgan fingerprint density at radius 1 is 1.26 bits per heavy atom. The highest BCUT2D eigenvalue weighted by molar-refractivity contribution is 6.80. The van der Waals surface area contributed by atoms with Gasteiger partial charge in [0.2, 0.25) is 0 Å². The fraction of sp³-hybridized carbons (Fsp3) is 0.429. The molecule has 1 N–H and O–H groups in total. The smallest absolute Gasteiger partial charge is 0.295 e. The third-order valence-corrected chi connectivity index (χ3v) is 3.77. The fourth-order valence-electron chi connectivity index (χ4n) is 1.55. The SMILES string of the molecule is COc1ccccc1C(O)C(F)(F)/C=C/[Si](C)(C)C. The number of hydrogen-bond donors (Lipinski definition) is 1. The summed E-state index contributed by atoms with van der Waals surface area (Å²) in [5.41, 5.74) is 1.63. The van der Waals surface area contributed by atoms with E-state index in [1.54, 1.807) is 18.2 Å². The number of methoxy groups -OCH3 is 1. The van der Waals surface area contributed by atoms with Crippen molar-refractivity contribution in [3.63, 3.8) is 0 Å². The van der Waals surface area contributed by atoms with Gasteiger partial charge >= 0.3 is 0 Å². The first-order chi connectivity index (χ1) is 8.67. The summed E-state index contributed by atoms with van der Waals surface area (Å²) in [5, 5.41) is 9.89. The Morgan fingerprint density at radius 3 is 2.37 bits per heavy atom. The average molecular weight is 286 g/mol. The summed E-state index contributed by atoms with van der Waals surface area (Å²) in [4.78, 5) is 0. The first-order valence-corrected chi connectivity index (χ1v) is 9.64. The van der Waals surface area contributed by atoms with Crippen LogP contribution in [0.1, 0.15) is 11.7 Å². The van der Waals surface area contributed by atoms with Gasteiger partial charge in [0.1, 0.15) is 11.9 Å². The first-order valence-electron chi connectivity index (χ1n) is 6.06. The molecule has 1 aromatic rings. The van der Waals surface area contributed by atoms with Gasteiger partial charge in [0.15, 0.2) is 0 Å². The number of aliphatic hydroxyl groups is 1. The van der Waals surface area contributed by atoms with E-state index in [4.69, 9.17) is 4.74 Å². The number of alkyl halides is 2. The summed E-state index contributed by atoms with van der Waals surface area (Å²) in [5.74, 6) is -3.05. The lowest BCUT2D eigenvalue weighted by Gasteiger charge is -2.22. The Hall–Kier alpha value is -1.20. The number of aliphatic hydroxyl groups excluding tert-OH is 1. The predicted molar refractivity (Wildman–Crippen MR) is 75.4 cm³/mol. The van der Waals surface area contributed by atoms with Crippen LogP contribution in [0.5, 0.6) is 5.75 Å². The summed E-state index contributed by atoms with van der Waals surface area (Å²) in [6.07, 6.45) is -1.09. The maximum atomic E-state index is 14.0. The van der Waals surface area contributed by atoms with Gasteiger partial charge in [-0.2, -0.15) is 8.78 Å². The van der Waals surface area contributed by atoms with Crippen LogP contribution >= 0.6 is 0 Å². The molecular formula is C14H20F2O2Si. The molecule has 0 aliphatic heterocycles. The van der Waals surface area contributed by atoms with Gasteiger partial charge in [-0.05, 0) is 12.1 Å². The maximum absolute atomic E-state index is 14.0.